The molecule has 5 heteroatoms. The van der Waals surface area contributed by atoms with Gasteiger partial charge in [0.2, 0.25) is 5.52 Å². The molecule has 0 N–H and O–H groups in total. The first-order valence-corrected chi connectivity index (χ1v) is 9.81. The molecular formula is C21H25NO3S. The van der Waals surface area contributed by atoms with E-state index in [1.54, 1.807) is 12.1 Å². The van der Waals surface area contributed by atoms with E-state index < -0.39 is 10.1 Å². The van der Waals surface area contributed by atoms with Crippen LogP contribution in [0.25, 0.3) is 10.9 Å². The SMILES string of the molecule is CC(C)(C)c1ccc(S(=O)(=O)[O-])cc1.Cc1cc[n+](C)c2ccccc12. The van der Waals surface area contributed by atoms with Gasteiger partial charge in [-0.05, 0) is 41.7 Å². The Morgan fingerprint density at radius 3 is 2.00 bits per heavy atom. The Hall–Kier alpha value is -2.24. The van der Waals surface area contributed by atoms with Gasteiger partial charge in [-0.1, -0.05) is 45.0 Å². The fraction of sp³-hybridized carbons (Fsp3) is 0.286. The molecule has 3 aromatic rings. The predicted octanol–water partition coefficient (Wildman–Crippen LogP) is 3.86. The third kappa shape index (κ3) is 4.90. The molecule has 0 fully saturated rings. The summed E-state index contributed by atoms with van der Waals surface area (Å²) in [5, 5.41) is 1.34. The molecule has 0 aliphatic rings. The van der Waals surface area contributed by atoms with E-state index in [1.807, 2.05) is 20.8 Å². The minimum atomic E-state index is -4.32. The van der Waals surface area contributed by atoms with Gasteiger partial charge in [0.15, 0.2) is 6.20 Å². The van der Waals surface area contributed by atoms with Crippen LogP contribution in [0, 0.1) is 6.92 Å². The van der Waals surface area contributed by atoms with E-state index in [0.29, 0.717) is 0 Å². The Bertz CT molecular complexity index is 961. The van der Waals surface area contributed by atoms with Gasteiger partial charge in [0.25, 0.3) is 0 Å². The van der Waals surface area contributed by atoms with Crippen molar-refractivity contribution in [1.82, 2.24) is 0 Å². The molecule has 0 spiro atoms. The second-order valence-corrected chi connectivity index (χ2v) is 8.73. The van der Waals surface area contributed by atoms with Crippen molar-refractivity contribution in [1.29, 1.82) is 0 Å². The first kappa shape index (κ1) is 20.1. The number of rotatable bonds is 1. The quantitative estimate of drug-likeness (QED) is 0.482. The lowest BCUT2D eigenvalue weighted by Crippen LogP contribution is -2.28. The van der Waals surface area contributed by atoms with Gasteiger partial charge in [-0.2, -0.15) is 0 Å². The topological polar surface area (TPSA) is 61.1 Å². The third-order valence-electron chi connectivity index (χ3n) is 4.27. The van der Waals surface area contributed by atoms with Gasteiger partial charge in [0.1, 0.15) is 17.2 Å². The lowest BCUT2D eigenvalue weighted by atomic mass is 9.87. The van der Waals surface area contributed by atoms with Gasteiger partial charge in [0, 0.05) is 17.5 Å². The molecule has 0 aliphatic heterocycles. The second-order valence-electron chi connectivity index (χ2n) is 7.36. The summed E-state index contributed by atoms with van der Waals surface area (Å²) in [6.07, 6.45) is 2.09. The Labute approximate surface area is 155 Å². The van der Waals surface area contributed by atoms with Crippen LogP contribution >= 0.6 is 0 Å². The molecule has 0 atom stereocenters. The summed E-state index contributed by atoms with van der Waals surface area (Å²) in [4.78, 5) is -0.175. The standard InChI is InChI=1S/C11H12N.C10H14O3S/c1-9-7-8-12(2)11-6-4-3-5-10(9)11;1-10(2,3)8-4-6-9(7-5-8)14(11,12)13/h3-8H,1-2H3;4-7H,1-3H3,(H,11,12,13)/q+1;/p-1. The van der Waals surface area contributed by atoms with Crippen LogP contribution in [0.2, 0.25) is 0 Å². The maximum absolute atomic E-state index is 10.6. The molecule has 0 aliphatic carbocycles. The first-order valence-electron chi connectivity index (χ1n) is 8.40. The fourth-order valence-electron chi connectivity index (χ4n) is 2.63. The van der Waals surface area contributed by atoms with Crippen LogP contribution in [0.3, 0.4) is 0 Å². The Kier molecular flexibility index (Phi) is 5.84. The highest BCUT2D eigenvalue weighted by Gasteiger charge is 2.13. The van der Waals surface area contributed by atoms with Crippen LogP contribution in [0.5, 0.6) is 0 Å². The molecule has 0 amide bonds. The highest BCUT2D eigenvalue weighted by Crippen LogP contribution is 2.23. The number of nitrogens with zero attached hydrogens (tertiary/aromatic N) is 1. The minimum Gasteiger partial charge on any atom is -0.744 e. The summed E-state index contributed by atoms with van der Waals surface area (Å²) >= 11 is 0. The van der Waals surface area contributed by atoms with Crippen molar-refractivity contribution in [2.24, 2.45) is 7.05 Å². The first-order chi connectivity index (χ1) is 12.0. The lowest BCUT2D eigenvalue weighted by Gasteiger charge is -2.19. The van der Waals surface area contributed by atoms with Crippen LogP contribution < -0.4 is 4.57 Å². The predicted molar refractivity (Wildman–Crippen MR) is 103 cm³/mol. The van der Waals surface area contributed by atoms with Crippen molar-refractivity contribution in [2.45, 2.75) is 38.0 Å². The molecular weight excluding hydrogens is 346 g/mol. The summed E-state index contributed by atoms with van der Waals surface area (Å²) < 4.78 is 34.1. The van der Waals surface area contributed by atoms with Crippen LogP contribution in [0.4, 0.5) is 0 Å². The van der Waals surface area contributed by atoms with Crippen molar-refractivity contribution in [3.05, 3.63) is 71.9 Å². The highest BCUT2D eigenvalue weighted by atomic mass is 32.2. The van der Waals surface area contributed by atoms with Crippen LogP contribution in [0.15, 0.2) is 65.7 Å². The summed E-state index contributed by atoms with van der Waals surface area (Å²) in [7, 11) is -2.24. The highest BCUT2D eigenvalue weighted by molar-refractivity contribution is 7.85. The number of aromatic nitrogens is 1. The van der Waals surface area contributed by atoms with Gasteiger partial charge in [0.05, 0.1) is 4.90 Å². The number of hydrogen-bond donors (Lipinski definition) is 0. The number of pyridine rings is 1. The normalized spacial score (nSPS) is 11.8. The van der Waals surface area contributed by atoms with Crippen LogP contribution in [-0.2, 0) is 22.6 Å². The summed E-state index contributed by atoms with van der Waals surface area (Å²) in [5.74, 6) is 0. The summed E-state index contributed by atoms with van der Waals surface area (Å²) in [6, 6.07) is 16.6. The van der Waals surface area contributed by atoms with Gasteiger partial charge in [-0.15, -0.1) is 0 Å². The average Bonchev–Trinajstić information content (AvgIpc) is 2.58. The summed E-state index contributed by atoms with van der Waals surface area (Å²) in [5.41, 5.74) is 3.59. The summed E-state index contributed by atoms with van der Waals surface area (Å²) in [6.45, 7) is 8.21. The maximum atomic E-state index is 10.6. The van der Waals surface area contributed by atoms with Gasteiger partial charge in [-0.3, -0.25) is 0 Å². The zero-order valence-corrected chi connectivity index (χ0v) is 16.7. The lowest BCUT2D eigenvalue weighted by molar-refractivity contribution is -0.644. The van der Waals surface area contributed by atoms with E-state index >= 15 is 0 Å². The van der Waals surface area contributed by atoms with E-state index in [-0.39, 0.29) is 10.3 Å². The van der Waals surface area contributed by atoms with Crippen molar-refractivity contribution >= 4 is 21.0 Å². The number of aryl methyl sites for hydroxylation is 2. The number of para-hydroxylation sites is 1. The second kappa shape index (κ2) is 7.56. The molecule has 2 aromatic carbocycles. The van der Waals surface area contributed by atoms with Crippen LogP contribution in [-0.4, -0.2) is 13.0 Å². The molecule has 0 unspecified atom stereocenters. The van der Waals surface area contributed by atoms with Gasteiger partial charge >= 0.3 is 0 Å². The molecule has 26 heavy (non-hydrogen) atoms. The van der Waals surface area contributed by atoms with E-state index in [2.05, 4.69) is 55.1 Å². The molecule has 0 saturated heterocycles. The zero-order chi connectivity index (χ0) is 19.5. The number of fused-ring (bicyclic) bond motifs is 1. The molecule has 0 saturated carbocycles. The monoisotopic (exact) mass is 371 g/mol. The Morgan fingerprint density at radius 2 is 1.50 bits per heavy atom. The third-order valence-corrected chi connectivity index (χ3v) is 5.12. The van der Waals surface area contributed by atoms with Crippen molar-refractivity contribution in [2.75, 3.05) is 0 Å². The van der Waals surface area contributed by atoms with Crippen molar-refractivity contribution in [3.63, 3.8) is 0 Å². The van der Waals surface area contributed by atoms with Crippen molar-refractivity contribution < 1.29 is 17.5 Å². The van der Waals surface area contributed by atoms with E-state index in [1.165, 1.54) is 28.6 Å². The van der Waals surface area contributed by atoms with Gasteiger partial charge < -0.3 is 4.55 Å². The Balaban J connectivity index is 0.000000189. The van der Waals surface area contributed by atoms with Crippen molar-refractivity contribution in [3.8, 4) is 0 Å². The van der Waals surface area contributed by atoms with E-state index in [4.69, 9.17) is 0 Å². The van der Waals surface area contributed by atoms with Crippen LogP contribution in [0.1, 0.15) is 31.9 Å². The van der Waals surface area contributed by atoms with E-state index in [9.17, 15) is 13.0 Å². The molecule has 1 aromatic heterocycles. The molecule has 0 bridgehead atoms. The molecule has 0 radical (unpaired) electrons. The van der Waals surface area contributed by atoms with E-state index in [0.717, 1.165) is 5.56 Å². The number of hydrogen-bond acceptors (Lipinski definition) is 3. The largest absolute Gasteiger partial charge is 0.744 e. The average molecular weight is 372 g/mol. The maximum Gasteiger partial charge on any atom is 0.212 e. The van der Waals surface area contributed by atoms with Gasteiger partial charge in [-0.25, -0.2) is 13.0 Å². The molecule has 138 valence electrons. The minimum absolute atomic E-state index is 0.0365. The fourth-order valence-corrected chi connectivity index (χ4v) is 3.10. The zero-order valence-electron chi connectivity index (χ0n) is 15.9. The smallest absolute Gasteiger partial charge is 0.212 e. The molecule has 1 heterocycles. The number of benzene rings is 2. The molecule has 4 nitrogen and oxygen atoms in total. The molecule has 3 rings (SSSR count). The Morgan fingerprint density at radius 1 is 0.923 bits per heavy atom.